The van der Waals surface area contributed by atoms with Crippen LogP contribution in [-0.2, 0) is 14.8 Å². The Balaban J connectivity index is 1.97. The van der Waals surface area contributed by atoms with Crippen LogP contribution in [0.2, 0.25) is 0 Å². The molecule has 1 heterocycles. The Morgan fingerprint density at radius 2 is 1.82 bits per heavy atom. The summed E-state index contributed by atoms with van der Waals surface area (Å²) in [7, 11) is -0.604. The summed E-state index contributed by atoms with van der Waals surface area (Å²) in [6, 6.07) is 10.9. The molecule has 3 rings (SSSR count). The number of nitrogens with zero attached hydrogens (tertiary/aromatic N) is 1. The molecule has 0 saturated carbocycles. The van der Waals surface area contributed by atoms with Gasteiger partial charge in [-0.1, -0.05) is 44.5 Å². The van der Waals surface area contributed by atoms with E-state index < -0.39 is 10.0 Å². The average Bonchev–Trinajstić information content (AvgIpc) is 2.94. The number of sulfonamides is 1. The minimum atomic E-state index is -3.76. The Kier molecular flexibility index (Phi) is 9.94. The molecule has 2 aromatic carbocycles. The monoisotopic (exact) mass is 509 g/mol. The molecule has 0 saturated heterocycles. The van der Waals surface area contributed by atoms with Crippen molar-refractivity contribution in [3.05, 3.63) is 36.4 Å². The molecule has 0 N–H and O–H groups in total. The van der Waals surface area contributed by atoms with Crippen LogP contribution in [0, 0.1) is 0 Å². The maximum Gasteiger partial charge on any atom is 0.248 e. The molecule has 1 atom stereocenters. The van der Waals surface area contributed by atoms with Crippen molar-refractivity contribution in [2.75, 3.05) is 40.5 Å². The fourth-order valence-corrected chi connectivity index (χ4v) is 6.71. The van der Waals surface area contributed by atoms with Gasteiger partial charge in [-0.3, -0.25) is 0 Å². The second-order valence-corrected chi connectivity index (χ2v) is 11.1. The van der Waals surface area contributed by atoms with Gasteiger partial charge in [0.15, 0.2) is 11.5 Å². The van der Waals surface area contributed by atoms with E-state index in [9.17, 15) is 8.42 Å². The SMILES string of the molecule is CCCCOCC1CN(CCCC)S(=O)(=O)c2c(cccc2Sc2ccc(OC)c(OC)c2)O1. The number of rotatable bonds is 12. The molecule has 2 aromatic rings. The van der Waals surface area contributed by atoms with Crippen LogP contribution in [0.15, 0.2) is 51.1 Å². The summed E-state index contributed by atoms with van der Waals surface area (Å²) < 4.78 is 52.0. The van der Waals surface area contributed by atoms with Crippen molar-refractivity contribution in [2.45, 2.75) is 60.3 Å². The third-order valence-corrected chi connectivity index (χ3v) is 8.66. The highest BCUT2D eigenvalue weighted by Crippen LogP contribution is 2.43. The molecule has 0 spiro atoms. The predicted octanol–water partition coefficient (Wildman–Crippen LogP) is 5.22. The van der Waals surface area contributed by atoms with Gasteiger partial charge in [-0.2, -0.15) is 4.31 Å². The number of hydrogen-bond acceptors (Lipinski definition) is 7. The van der Waals surface area contributed by atoms with Gasteiger partial charge in [0.1, 0.15) is 16.7 Å². The minimum absolute atomic E-state index is 0.210. The number of hydrogen-bond donors (Lipinski definition) is 0. The summed E-state index contributed by atoms with van der Waals surface area (Å²) in [5.74, 6) is 1.57. The Labute approximate surface area is 207 Å². The fourth-order valence-electron chi connectivity index (χ4n) is 3.70. The van der Waals surface area contributed by atoms with Crippen molar-refractivity contribution in [3.8, 4) is 17.2 Å². The van der Waals surface area contributed by atoms with Gasteiger partial charge in [-0.05, 0) is 43.2 Å². The molecule has 1 aliphatic heterocycles. The Morgan fingerprint density at radius 1 is 1.06 bits per heavy atom. The Bertz CT molecular complexity index is 1040. The molecule has 0 fully saturated rings. The lowest BCUT2D eigenvalue weighted by molar-refractivity contribution is 0.0410. The quantitative estimate of drug-likeness (QED) is 0.363. The first-order valence-corrected chi connectivity index (χ1v) is 14.0. The first-order valence-electron chi connectivity index (χ1n) is 11.7. The normalized spacial score (nSPS) is 17.5. The lowest BCUT2D eigenvalue weighted by Crippen LogP contribution is -2.39. The van der Waals surface area contributed by atoms with E-state index >= 15 is 0 Å². The van der Waals surface area contributed by atoms with Gasteiger partial charge in [-0.15, -0.1) is 0 Å². The maximum atomic E-state index is 13.8. The van der Waals surface area contributed by atoms with Gasteiger partial charge in [0, 0.05) is 22.9 Å². The van der Waals surface area contributed by atoms with Crippen LogP contribution in [0.4, 0.5) is 0 Å². The van der Waals surface area contributed by atoms with E-state index in [1.54, 1.807) is 24.6 Å². The number of benzene rings is 2. The third kappa shape index (κ3) is 6.38. The van der Waals surface area contributed by atoms with E-state index in [2.05, 4.69) is 13.8 Å². The summed E-state index contributed by atoms with van der Waals surface area (Å²) in [5, 5.41) is 0. The van der Waals surface area contributed by atoms with Crippen molar-refractivity contribution >= 4 is 21.8 Å². The van der Waals surface area contributed by atoms with Crippen molar-refractivity contribution in [3.63, 3.8) is 0 Å². The van der Waals surface area contributed by atoms with Crippen LogP contribution in [0.1, 0.15) is 39.5 Å². The number of ether oxygens (including phenoxy) is 4. The van der Waals surface area contributed by atoms with E-state index in [1.165, 1.54) is 11.8 Å². The number of unbranched alkanes of at least 4 members (excludes halogenated alkanes) is 2. The van der Waals surface area contributed by atoms with Gasteiger partial charge in [-0.25, -0.2) is 8.42 Å². The lowest BCUT2D eigenvalue weighted by atomic mass is 10.3. The maximum absolute atomic E-state index is 13.8. The van der Waals surface area contributed by atoms with Gasteiger partial charge in [0.2, 0.25) is 10.0 Å². The topological polar surface area (TPSA) is 74.3 Å². The summed E-state index contributed by atoms with van der Waals surface area (Å²) in [6.45, 7) is 5.87. The van der Waals surface area contributed by atoms with Crippen molar-refractivity contribution < 1.29 is 27.4 Å². The average molecular weight is 510 g/mol. The molecule has 0 radical (unpaired) electrons. The zero-order valence-electron chi connectivity index (χ0n) is 20.4. The summed E-state index contributed by atoms with van der Waals surface area (Å²) in [4.78, 5) is 1.66. The second kappa shape index (κ2) is 12.7. The molecular formula is C25H35NO6S2. The molecule has 34 heavy (non-hydrogen) atoms. The number of fused-ring (bicyclic) bond motifs is 1. The zero-order chi connectivity index (χ0) is 24.6. The summed E-state index contributed by atoms with van der Waals surface area (Å²) in [5.41, 5.74) is 0. The van der Waals surface area contributed by atoms with Crippen molar-refractivity contribution in [1.82, 2.24) is 4.31 Å². The van der Waals surface area contributed by atoms with Gasteiger partial charge < -0.3 is 18.9 Å². The van der Waals surface area contributed by atoms with Gasteiger partial charge >= 0.3 is 0 Å². The largest absolute Gasteiger partial charge is 0.493 e. The molecule has 0 aliphatic carbocycles. The van der Waals surface area contributed by atoms with E-state index in [-0.39, 0.29) is 17.5 Å². The highest BCUT2D eigenvalue weighted by Gasteiger charge is 2.36. The molecule has 1 unspecified atom stereocenters. The summed E-state index contributed by atoms with van der Waals surface area (Å²) >= 11 is 1.36. The van der Waals surface area contributed by atoms with Crippen LogP contribution in [0.25, 0.3) is 0 Å². The molecule has 9 heteroatoms. The third-order valence-electron chi connectivity index (χ3n) is 5.53. The van der Waals surface area contributed by atoms with E-state index in [0.717, 1.165) is 30.6 Å². The van der Waals surface area contributed by atoms with Crippen LogP contribution in [0.3, 0.4) is 0 Å². The van der Waals surface area contributed by atoms with Crippen molar-refractivity contribution in [1.29, 1.82) is 0 Å². The lowest BCUT2D eigenvalue weighted by Gasteiger charge is -2.23. The molecule has 1 aliphatic rings. The van der Waals surface area contributed by atoms with E-state index in [4.69, 9.17) is 18.9 Å². The minimum Gasteiger partial charge on any atom is -0.493 e. The van der Waals surface area contributed by atoms with Crippen LogP contribution in [0.5, 0.6) is 17.2 Å². The first kappa shape index (κ1) is 26.7. The zero-order valence-corrected chi connectivity index (χ0v) is 22.0. The molecular weight excluding hydrogens is 474 g/mol. The number of methoxy groups -OCH3 is 2. The molecule has 7 nitrogen and oxygen atoms in total. The predicted molar refractivity (Wildman–Crippen MR) is 134 cm³/mol. The molecule has 188 valence electrons. The molecule has 0 bridgehead atoms. The Hall–Kier alpha value is -1.94. The standard InChI is InChI=1S/C25H35NO6S2/c1-5-7-14-26-17-19(18-31-15-8-6-2)32-22-10-9-11-24(25(22)34(26,27)28)33-20-12-13-21(29-3)23(16-20)30-4/h9-13,16,19H,5-8,14-15,17-18H2,1-4H3. The van der Waals surface area contributed by atoms with Crippen LogP contribution < -0.4 is 14.2 Å². The van der Waals surface area contributed by atoms with Gasteiger partial charge in [0.25, 0.3) is 0 Å². The van der Waals surface area contributed by atoms with Crippen LogP contribution in [-0.4, -0.2) is 59.3 Å². The molecule has 0 amide bonds. The molecule has 0 aromatic heterocycles. The smallest absolute Gasteiger partial charge is 0.248 e. The fraction of sp³-hybridized carbons (Fsp3) is 0.520. The van der Waals surface area contributed by atoms with E-state index in [1.807, 2.05) is 30.3 Å². The second-order valence-electron chi connectivity index (χ2n) is 8.09. The van der Waals surface area contributed by atoms with E-state index in [0.29, 0.717) is 41.9 Å². The van der Waals surface area contributed by atoms with Gasteiger partial charge in [0.05, 0.1) is 27.4 Å². The highest BCUT2D eigenvalue weighted by molar-refractivity contribution is 8.00. The Morgan fingerprint density at radius 3 is 2.53 bits per heavy atom. The van der Waals surface area contributed by atoms with Crippen molar-refractivity contribution in [2.24, 2.45) is 0 Å². The summed E-state index contributed by atoms with van der Waals surface area (Å²) in [6.07, 6.45) is 3.32. The highest BCUT2D eigenvalue weighted by atomic mass is 32.2. The van der Waals surface area contributed by atoms with Crippen LogP contribution >= 0.6 is 11.8 Å². The first-order chi connectivity index (χ1) is 16.4.